The zero-order chi connectivity index (χ0) is 9.97. The Kier molecular flexibility index (Phi) is 3.44. The van der Waals surface area contributed by atoms with Crippen molar-refractivity contribution in [1.29, 1.82) is 0 Å². The molecule has 0 aromatic carbocycles. The average Bonchev–Trinajstić information content (AvgIpc) is 2.65. The normalized spacial score (nSPS) is 21.0. The highest BCUT2D eigenvalue weighted by atomic mass is 35.5. The van der Waals surface area contributed by atoms with Crippen LogP contribution in [0.5, 0.6) is 0 Å². The number of hydrogen-bond donors (Lipinski definition) is 1. The van der Waals surface area contributed by atoms with Gasteiger partial charge in [-0.25, -0.2) is 0 Å². The van der Waals surface area contributed by atoms with Crippen molar-refractivity contribution in [3.63, 3.8) is 0 Å². The molecule has 0 spiro atoms. The molecule has 0 radical (unpaired) electrons. The highest BCUT2D eigenvalue weighted by molar-refractivity contribution is 7.14. The van der Waals surface area contributed by atoms with E-state index in [4.69, 9.17) is 11.6 Å². The SMILES string of the molecule is CC(c1csc(Cl)c1)N1CCNCC1. The van der Waals surface area contributed by atoms with Crippen LogP contribution in [0.25, 0.3) is 0 Å². The van der Waals surface area contributed by atoms with Gasteiger partial charge in [-0.05, 0) is 23.9 Å². The highest BCUT2D eigenvalue weighted by Crippen LogP contribution is 2.28. The van der Waals surface area contributed by atoms with Gasteiger partial charge in [0.25, 0.3) is 0 Å². The summed E-state index contributed by atoms with van der Waals surface area (Å²) in [5.74, 6) is 0. The number of nitrogens with one attached hydrogen (secondary N) is 1. The molecule has 1 atom stereocenters. The molecule has 1 aromatic rings. The number of nitrogens with zero attached hydrogens (tertiary/aromatic N) is 1. The van der Waals surface area contributed by atoms with Crippen molar-refractivity contribution >= 4 is 22.9 Å². The van der Waals surface area contributed by atoms with Gasteiger partial charge < -0.3 is 5.32 Å². The molecule has 2 heterocycles. The van der Waals surface area contributed by atoms with E-state index in [1.807, 2.05) is 0 Å². The van der Waals surface area contributed by atoms with E-state index in [0.717, 1.165) is 30.5 Å². The Morgan fingerprint density at radius 1 is 1.50 bits per heavy atom. The van der Waals surface area contributed by atoms with Crippen molar-refractivity contribution in [3.05, 3.63) is 21.3 Å². The third-order valence-electron chi connectivity index (χ3n) is 2.77. The Labute approximate surface area is 93.9 Å². The fourth-order valence-corrected chi connectivity index (χ4v) is 2.80. The third kappa shape index (κ3) is 2.28. The quantitative estimate of drug-likeness (QED) is 0.839. The van der Waals surface area contributed by atoms with Gasteiger partial charge in [0, 0.05) is 32.2 Å². The van der Waals surface area contributed by atoms with Gasteiger partial charge in [0.15, 0.2) is 0 Å². The molecule has 1 aliphatic heterocycles. The van der Waals surface area contributed by atoms with Gasteiger partial charge in [-0.3, -0.25) is 4.90 Å². The van der Waals surface area contributed by atoms with Crippen LogP contribution < -0.4 is 5.32 Å². The highest BCUT2D eigenvalue weighted by Gasteiger charge is 2.18. The number of halogens is 1. The molecule has 4 heteroatoms. The first-order valence-electron chi connectivity index (χ1n) is 4.96. The topological polar surface area (TPSA) is 15.3 Å². The van der Waals surface area contributed by atoms with Crippen LogP contribution in [0.2, 0.25) is 4.34 Å². The lowest BCUT2D eigenvalue weighted by atomic mass is 10.1. The fourth-order valence-electron chi connectivity index (χ4n) is 1.82. The van der Waals surface area contributed by atoms with Gasteiger partial charge in [-0.15, -0.1) is 11.3 Å². The summed E-state index contributed by atoms with van der Waals surface area (Å²) in [6, 6.07) is 2.58. The molecular weight excluding hydrogens is 216 g/mol. The van der Waals surface area contributed by atoms with Gasteiger partial charge in [0.05, 0.1) is 4.34 Å². The fraction of sp³-hybridized carbons (Fsp3) is 0.600. The van der Waals surface area contributed by atoms with E-state index in [0.29, 0.717) is 6.04 Å². The Morgan fingerprint density at radius 3 is 2.79 bits per heavy atom. The smallest absolute Gasteiger partial charge is 0.0931 e. The van der Waals surface area contributed by atoms with Crippen LogP contribution in [-0.4, -0.2) is 31.1 Å². The summed E-state index contributed by atoms with van der Waals surface area (Å²) in [5.41, 5.74) is 1.35. The minimum absolute atomic E-state index is 0.501. The van der Waals surface area contributed by atoms with Crippen molar-refractivity contribution in [1.82, 2.24) is 10.2 Å². The summed E-state index contributed by atoms with van der Waals surface area (Å²) < 4.78 is 0.891. The minimum atomic E-state index is 0.501. The van der Waals surface area contributed by atoms with Crippen LogP contribution in [0.1, 0.15) is 18.5 Å². The predicted molar refractivity (Wildman–Crippen MR) is 62.2 cm³/mol. The number of rotatable bonds is 2. The predicted octanol–water partition coefficient (Wildman–Crippen LogP) is 2.37. The second-order valence-electron chi connectivity index (χ2n) is 3.65. The summed E-state index contributed by atoms with van der Waals surface area (Å²) in [5, 5.41) is 5.52. The Hall–Kier alpha value is -0.0900. The van der Waals surface area contributed by atoms with Crippen LogP contribution in [0.4, 0.5) is 0 Å². The summed E-state index contributed by atoms with van der Waals surface area (Å²) in [6.07, 6.45) is 0. The Morgan fingerprint density at radius 2 is 2.21 bits per heavy atom. The van der Waals surface area contributed by atoms with E-state index in [1.54, 1.807) is 11.3 Å². The number of thiophene rings is 1. The molecule has 1 N–H and O–H groups in total. The van der Waals surface area contributed by atoms with Gasteiger partial charge in [0.1, 0.15) is 0 Å². The Balaban J connectivity index is 2.03. The third-order valence-corrected chi connectivity index (χ3v) is 3.88. The maximum atomic E-state index is 5.93. The molecule has 14 heavy (non-hydrogen) atoms. The largest absolute Gasteiger partial charge is 0.314 e. The zero-order valence-electron chi connectivity index (χ0n) is 8.29. The second kappa shape index (κ2) is 4.62. The first kappa shape index (κ1) is 10.4. The average molecular weight is 231 g/mol. The molecule has 2 rings (SSSR count). The first-order chi connectivity index (χ1) is 6.77. The van der Waals surface area contributed by atoms with Crippen molar-refractivity contribution in [2.24, 2.45) is 0 Å². The summed E-state index contributed by atoms with van der Waals surface area (Å²) >= 11 is 7.55. The molecule has 1 fully saturated rings. The van der Waals surface area contributed by atoms with Gasteiger partial charge in [-0.2, -0.15) is 0 Å². The van der Waals surface area contributed by atoms with Gasteiger partial charge in [-0.1, -0.05) is 11.6 Å². The van der Waals surface area contributed by atoms with E-state index >= 15 is 0 Å². The lowest BCUT2D eigenvalue weighted by Gasteiger charge is -2.32. The lowest BCUT2D eigenvalue weighted by Crippen LogP contribution is -2.44. The lowest BCUT2D eigenvalue weighted by molar-refractivity contribution is 0.186. The number of hydrogen-bond acceptors (Lipinski definition) is 3. The zero-order valence-corrected chi connectivity index (χ0v) is 9.87. The number of piperazine rings is 1. The second-order valence-corrected chi connectivity index (χ2v) is 5.19. The van der Waals surface area contributed by atoms with Crippen LogP contribution in [0, 0.1) is 0 Å². The molecule has 1 aromatic heterocycles. The van der Waals surface area contributed by atoms with Crippen molar-refractivity contribution in [3.8, 4) is 0 Å². The van der Waals surface area contributed by atoms with E-state index in [1.165, 1.54) is 5.56 Å². The van der Waals surface area contributed by atoms with Crippen molar-refractivity contribution < 1.29 is 0 Å². The van der Waals surface area contributed by atoms with E-state index in [2.05, 4.69) is 28.6 Å². The first-order valence-corrected chi connectivity index (χ1v) is 6.22. The van der Waals surface area contributed by atoms with Crippen molar-refractivity contribution in [2.75, 3.05) is 26.2 Å². The summed E-state index contributed by atoms with van der Waals surface area (Å²) in [7, 11) is 0. The molecule has 1 aliphatic rings. The van der Waals surface area contributed by atoms with Crippen molar-refractivity contribution in [2.45, 2.75) is 13.0 Å². The standard InChI is InChI=1S/C10H15ClN2S/c1-8(9-6-10(11)14-7-9)13-4-2-12-3-5-13/h6-8,12H,2-5H2,1H3. The van der Waals surface area contributed by atoms with Gasteiger partial charge in [0.2, 0.25) is 0 Å². The molecule has 0 aliphatic carbocycles. The van der Waals surface area contributed by atoms with E-state index < -0.39 is 0 Å². The maximum Gasteiger partial charge on any atom is 0.0931 e. The van der Waals surface area contributed by atoms with Crippen LogP contribution in [0.15, 0.2) is 11.4 Å². The Bertz CT molecular complexity index is 294. The maximum absolute atomic E-state index is 5.93. The molecule has 78 valence electrons. The summed E-state index contributed by atoms with van der Waals surface area (Å²) in [4.78, 5) is 2.49. The molecule has 0 saturated carbocycles. The molecule has 1 unspecified atom stereocenters. The minimum Gasteiger partial charge on any atom is -0.314 e. The molecular formula is C10H15ClN2S. The van der Waals surface area contributed by atoms with Crippen LogP contribution in [-0.2, 0) is 0 Å². The van der Waals surface area contributed by atoms with E-state index in [-0.39, 0.29) is 0 Å². The van der Waals surface area contributed by atoms with Crippen LogP contribution >= 0.6 is 22.9 Å². The molecule has 1 saturated heterocycles. The molecule has 2 nitrogen and oxygen atoms in total. The van der Waals surface area contributed by atoms with E-state index in [9.17, 15) is 0 Å². The monoisotopic (exact) mass is 230 g/mol. The van der Waals surface area contributed by atoms with Gasteiger partial charge >= 0.3 is 0 Å². The summed E-state index contributed by atoms with van der Waals surface area (Å²) in [6.45, 7) is 6.72. The van der Waals surface area contributed by atoms with Crippen LogP contribution in [0.3, 0.4) is 0 Å². The molecule has 0 bridgehead atoms. The molecule has 0 amide bonds.